The van der Waals surface area contributed by atoms with Crippen molar-refractivity contribution in [1.29, 1.82) is 0 Å². The van der Waals surface area contributed by atoms with E-state index in [1.54, 1.807) is 0 Å². The fraction of sp³-hybridized carbons (Fsp3) is 0.875. The first-order valence-corrected chi connectivity index (χ1v) is 3.99. The van der Waals surface area contributed by atoms with Crippen LogP contribution in [0.3, 0.4) is 0 Å². The van der Waals surface area contributed by atoms with E-state index in [0.717, 1.165) is 18.8 Å². The second-order valence-electron chi connectivity index (χ2n) is 3.36. The van der Waals surface area contributed by atoms with Gasteiger partial charge in [-0.25, -0.2) is 0 Å². The van der Waals surface area contributed by atoms with Crippen molar-refractivity contribution in [2.24, 2.45) is 17.6 Å². The van der Waals surface area contributed by atoms with Crippen molar-refractivity contribution >= 4 is 5.91 Å². The number of primary amides is 1. The molecule has 2 nitrogen and oxygen atoms in total. The SMILES string of the molecule is C[C@H]1CC[C@H](C(N)=O)CC1. The molecule has 0 radical (unpaired) electrons. The van der Waals surface area contributed by atoms with Crippen molar-refractivity contribution in [2.75, 3.05) is 0 Å². The third kappa shape index (κ3) is 1.72. The molecule has 0 spiro atoms. The van der Waals surface area contributed by atoms with Crippen molar-refractivity contribution in [3.8, 4) is 0 Å². The summed E-state index contributed by atoms with van der Waals surface area (Å²) in [6, 6.07) is 0. The Kier molecular flexibility index (Phi) is 2.30. The molecule has 0 aromatic rings. The number of amides is 1. The minimum absolute atomic E-state index is 0.105. The molecule has 1 amide bonds. The largest absolute Gasteiger partial charge is 0.369 e. The van der Waals surface area contributed by atoms with E-state index in [0.29, 0.717) is 0 Å². The van der Waals surface area contributed by atoms with Gasteiger partial charge in [0.1, 0.15) is 0 Å². The second kappa shape index (κ2) is 3.04. The zero-order valence-corrected chi connectivity index (χ0v) is 6.47. The Morgan fingerprint density at radius 2 is 1.80 bits per heavy atom. The highest BCUT2D eigenvalue weighted by Gasteiger charge is 2.21. The summed E-state index contributed by atoms with van der Waals surface area (Å²) in [6.07, 6.45) is 4.37. The van der Waals surface area contributed by atoms with Gasteiger partial charge in [-0.1, -0.05) is 6.92 Å². The van der Waals surface area contributed by atoms with Crippen LogP contribution in [0.15, 0.2) is 0 Å². The molecule has 0 aromatic carbocycles. The molecule has 10 heavy (non-hydrogen) atoms. The van der Waals surface area contributed by atoms with Crippen molar-refractivity contribution in [3.63, 3.8) is 0 Å². The Morgan fingerprint density at radius 3 is 2.20 bits per heavy atom. The molecule has 1 aliphatic rings. The van der Waals surface area contributed by atoms with Gasteiger partial charge in [0, 0.05) is 5.92 Å². The smallest absolute Gasteiger partial charge is 0.220 e. The predicted octanol–water partition coefficient (Wildman–Crippen LogP) is 1.30. The molecule has 1 saturated carbocycles. The van der Waals surface area contributed by atoms with E-state index in [1.807, 2.05) is 0 Å². The summed E-state index contributed by atoms with van der Waals surface area (Å²) in [7, 11) is 0. The van der Waals surface area contributed by atoms with Crippen LogP contribution in [0.5, 0.6) is 0 Å². The molecule has 1 rings (SSSR count). The summed E-state index contributed by atoms with van der Waals surface area (Å²) in [5.41, 5.74) is 5.17. The van der Waals surface area contributed by atoms with Crippen LogP contribution >= 0.6 is 0 Å². The van der Waals surface area contributed by atoms with Crippen molar-refractivity contribution in [2.45, 2.75) is 32.6 Å². The van der Waals surface area contributed by atoms with Gasteiger partial charge < -0.3 is 5.73 Å². The molecule has 0 saturated heterocycles. The van der Waals surface area contributed by atoms with Gasteiger partial charge in [-0.05, 0) is 31.6 Å². The van der Waals surface area contributed by atoms with Gasteiger partial charge in [0.05, 0.1) is 0 Å². The normalized spacial score (nSPS) is 33.7. The van der Waals surface area contributed by atoms with Gasteiger partial charge in [0.25, 0.3) is 0 Å². The number of rotatable bonds is 1. The Labute approximate surface area is 61.8 Å². The zero-order valence-electron chi connectivity index (χ0n) is 6.47. The van der Waals surface area contributed by atoms with E-state index in [-0.39, 0.29) is 11.8 Å². The molecule has 58 valence electrons. The maximum Gasteiger partial charge on any atom is 0.220 e. The van der Waals surface area contributed by atoms with Crippen molar-refractivity contribution in [1.82, 2.24) is 0 Å². The highest BCUT2D eigenvalue weighted by atomic mass is 16.1. The van der Waals surface area contributed by atoms with Crippen LogP contribution in [0, 0.1) is 11.8 Å². The lowest BCUT2D eigenvalue weighted by Gasteiger charge is -2.23. The van der Waals surface area contributed by atoms with Gasteiger partial charge in [-0.3, -0.25) is 4.79 Å². The molecule has 0 aromatic heterocycles. The van der Waals surface area contributed by atoms with Crippen LogP contribution < -0.4 is 5.73 Å². The van der Waals surface area contributed by atoms with Gasteiger partial charge in [0.15, 0.2) is 0 Å². The van der Waals surface area contributed by atoms with Gasteiger partial charge in [-0.2, -0.15) is 0 Å². The highest BCUT2D eigenvalue weighted by Crippen LogP contribution is 2.27. The maximum atomic E-state index is 10.7. The molecule has 0 atom stereocenters. The summed E-state index contributed by atoms with van der Waals surface area (Å²) >= 11 is 0. The molecule has 0 bridgehead atoms. The lowest BCUT2D eigenvalue weighted by atomic mass is 9.83. The van der Waals surface area contributed by atoms with Gasteiger partial charge >= 0.3 is 0 Å². The Morgan fingerprint density at radius 1 is 1.30 bits per heavy atom. The fourth-order valence-electron chi connectivity index (χ4n) is 1.54. The van der Waals surface area contributed by atoms with E-state index in [9.17, 15) is 4.79 Å². The number of hydrogen-bond acceptors (Lipinski definition) is 1. The second-order valence-corrected chi connectivity index (χ2v) is 3.36. The summed E-state index contributed by atoms with van der Waals surface area (Å²) < 4.78 is 0. The third-order valence-electron chi connectivity index (χ3n) is 2.42. The number of carbonyl (C=O) groups excluding carboxylic acids is 1. The first kappa shape index (κ1) is 7.58. The third-order valence-corrected chi connectivity index (χ3v) is 2.42. The molecule has 1 fully saturated rings. The van der Waals surface area contributed by atoms with Crippen LogP contribution in [0.4, 0.5) is 0 Å². The lowest BCUT2D eigenvalue weighted by Crippen LogP contribution is -2.26. The van der Waals surface area contributed by atoms with E-state index < -0.39 is 0 Å². The first-order valence-electron chi connectivity index (χ1n) is 3.99. The van der Waals surface area contributed by atoms with E-state index in [1.165, 1.54) is 12.8 Å². The Hall–Kier alpha value is -0.530. The average Bonchev–Trinajstić information content (AvgIpc) is 1.88. The summed E-state index contributed by atoms with van der Waals surface area (Å²) in [4.78, 5) is 10.7. The summed E-state index contributed by atoms with van der Waals surface area (Å²) in [6.45, 7) is 2.23. The molecular weight excluding hydrogens is 126 g/mol. The number of carbonyl (C=O) groups is 1. The minimum atomic E-state index is -0.105. The van der Waals surface area contributed by atoms with Crippen LogP contribution in [0.1, 0.15) is 32.6 Å². The fourth-order valence-corrected chi connectivity index (χ4v) is 1.54. The first-order chi connectivity index (χ1) is 4.70. The van der Waals surface area contributed by atoms with E-state index in [4.69, 9.17) is 5.73 Å². The standard InChI is InChI=1S/C8H15NO/c1-6-2-4-7(5-3-6)8(9)10/h6-7H,2-5H2,1H3,(H2,9,10)/t6-,7-. The van der Waals surface area contributed by atoms with Crippen molar-refractivity contribution < 1.29 is 4.79 Å². The molecule has 0 aliphatic heterocycles. The van der Waals surface area contributed by atoms with E-state index >= 15 is 0 Å². The summed E-state index contributed by atoms with van der Waals surface area (Å²) in [5, 5.41) is 0. The van der Waals surface area contributed by atoms with E-state index in [2.05, 4.69) is 6.92 Å². The minimum Gasteiger partial charge on any atom is -0.369 e. The molecule has 0 unspecified atom stereocenters. The monoisotopic (exact) mass is 141 g/mol. The topological polar surface area (TPSA) is 43.1 Å². The zero-order chi connectivity index (χ0) is 7.56. The summed E-state index contributed by atoms with van der Waals surface area (Å²) in [5.74, 6) is 0.874. The Bertz CT molecular complexity index is 125. The molecule has 1 aliphatic carbocycles. The van der Waals surface area contributed by atoms with Crippen LogP contribution in [0.2, 0.25) is 0 Å². The maximum absolute atomic E-state index is 10.7. The highest BCUT2D eigenvalue weighted by molar-refractivity contribution is 5.76. The van der Waals surface area contributed by atoms with Gasteiger partial charge in [0.2, 0.25) is 5.91 Å². The lowest BCUT2D eigenvalue weighted by molar-refractivity contribution is -0.122. The number of hydrogen-bond donors (Lipinski definition) is 1. The molecule has 2 heteroatoms. The van der Waals surface area contributed by atoms with Crippen LogP contribution in [0.25, 0.3) is 0 Å². The Balaban J connectivity index is 2.33. The number of nitrogens with two attached hydrogens (primary N) is 1. The molecular formula is C8H15NO. The van der Waals surface area contributed by atoms with Crippen LogP contribution in [-0.4, -0.2) is 5.91 Å². The van der Waals surface area contributed by atoms with Gasteiger partial charge in [-0.15, -0.1) is 0 Å². The molecule has 0 heterocycles. The predicted molar refractivity (Wildman–Crippen MR) is 40.3 cm³/mol. The quantitative estimate of drug-likeness (QED) is 0.587. The van der Waals surface area contributed by atoms with Crippen LogP contribution in [-0.2, 0) is 4.79 Å². The van der Waals surface area contributed by atoms with Crippen molar-refractivity contribution in [3.05, 3.63) is 0 Å². The molecule has 2 N–H and O–H groups in total. The average molecular weight is 141 g/mol.